The number of nitrogens with zero attached hydrogens (tertiary/aromatic N) is 3. The number of furan rings is 1. The number of carbonyl (C=O) groups is 1. The third-order valence-corrected chi connectivity index (χ3v) is 4.54. The molecule has 1 aromatic carbocycles. The highest BCUT2D eigenvalue weighted by Gasteiger charge is 2.19. The van der Waals surface area contributed by atoms with Crippen LogP contribution in [-0.2, 0) is 0 Å². The Balaban J connectivity index is 1.81. The van der Waals surface area contributed by atoms with Gasteiger partial charge in [-0.2, -0.15) is 5.10 Å². The van der Waals surface area contributed by atoms with E-state index in [4.69, 9.17) is 4.42 Å². The molecule has 3 rings (SSSR count). The van der Waals surface area contributed by atoms with Crippen molar-refractivity contribution >= 4 is 5.91 Å². The van der Waals surface area contributed by atoms with Crippen LogP contribution in [0.3, 0.4) is 0 Å². The van der Waals surface area contributed by atoms with E-state index in [1.54, 1.807) is 17.0 Å². The molecule has 0 radical (unpaired) electrons. The van der Waals surface area contributed by atoms with Crippen LogP contribution in [0.1, 0.15) is 31.3 Å². The fourth-order valence-electron chi connectivity index (χ4n) is 3.04. The summed E-state index contributed by atoms with van der Waals surface area (Å²) >= 11 is 0. The van der Waals surface area contributed by atoms with Crippen molar-refractivity contribution in [3.8, 4) is 17.1 Å². The molecule has 27 heavy (non-hydrogen) atoms. The third kappa shape index (κ3) is 4.46. The Morgan fingerprint density at radius 3 is 2.63 bits per heavy atom. The van der Waals surface area contributed by atoms with Crippen LogP contribution in [0.5, 0.6) is 0 Å². The molecule has 0 unspecified atom stereocenters. The molecule has 0 spiro atoms. The van der Waals surface area contributed by atoms with Gasteiger partial charge in [0, 0.05) is 25.2 Å². The highest BCUT2D eigenvalue weighted by molar-refractivity contribution is 5.94. The highest BCUT2D eigenvalue weighted by Crippen LogP contribution is 2.22. The molecule has 6 heteroatoms. The molecule has 0 aliphatic heterocycles. The predicted molar refractivity (Wildman–Crippen MR) is 106 cm³/mol. The lowest BCUT2D eigenvalue weighted by atomic mass is 10.2. The van der Waals surface area contributed by atoms with Crippen molar-refractivity contribution in [2.24, 2.45) is 0 Å². The smallest absolute Gasteiger partial charge is 0.270 e. The van der Waals surface area contributed by atoms with Gasteiger partial charge in [0.15, 0.2) is 5.76 Å². The van der Waals surface area contributed by atoms with Gasteiger partial charge in [-0.05, 0) is 44.7 Å². The monoisotopic (exact) mass is 366 g/mol. The minimum absolute atomic E-state index is 0.149. The number of amides is 1. The number of aromatic nitrogens is 2. The maximum Gasteiger partial charge on any atom is 0.270 e. The first-order valence-electron chi connectivity index (χ1n) is 9.31. The molecule has 3 aromatic rings. The first kappa shape index (κ1) is 18.9. The van der Waals surface area contributed by atoms with Gasteiger partial charge in [0.1, 0.15) is 11.4 Å². The number of carbonyl (C=O) groups excluding carboxylic acids is 1. The Morgan fingerprint density at radius 2 is 2.00 bits per heavy atom. The van der Waals surface area contributed by atoms with Gasteiger partial charge in [-0.1, -0.05) is 25.1 Å². The van der Waals surface area contributed by atoms with Crippen molar-refractivity contribution in [3.05, 3.63) is 60.5 Å². The second-order valence-corrected chi connectivity index (χ2v) is 6.62. The maximum atomic E-state index is 12.8. The van der Waals surface area contributed by atoms with Gasteiger partial charge in [-0.3, -0.25) is 9.69 Å². The molecule has 0 bridgehead atoms. The summed E-state index contributed by atoms with van der Waals surface area (Å²) in [5.41, 5.74) is 1.95. The Labute approximate surface area is 159 Å². The Morgan fingerprint density at radius 1 is 1.22 bits per heavy atom. The van der Waals surface area contributed by atoms with Crippen molar-refractivity contribution < 1.29 is 9.21 Å². The Bertz CT molecular complexity index is 854. The topological polar surface area (TPSA) is 63.3 Å². The van der Waals surface area contributed by atoms with E-state index in [1.165, 1.54) is 0 Å². The number of benzene rings is 1. The molecule has 2 aromatic heterocycles. The minimum Gasteiger partial charge on any atom is -0.463 e. The quantitative estimate of drug-likeness (QED) is 0.662. The second-order valence-electron chi connectivity index (χ2n) is 6.62. The van der Waals surface area contributed by atoms with Crippen LogP contribution < -0.4 is 5.32 Å². The van der Waals surface area contributed by atoms with E-state index in [0.717, 1.165) is 18.8 Å². The van der Waals surface area contributed by atoms with Crippen LogP contribution in [0.4, 0.5) is 0 Å². The highest BCUT2D eigenvalue weighted by atomic mass is 16.3. The van der Waals surface area contributed by atoms with Crippen LogP contribution in [0.15, 0.2) is 59.2 Å². The van der Waals surface area contributed by atoms with Gasteiger partial charge in [-0.15, -0.1) is 0 Å². The lowest BCUT2D eigenvalue weighted by Crippen LogP contribution is -2.38. The maximum absolute atomic E-state index is 12.8. The van der Waals surface area contributed by atoms with Crippen molar-refractivity contribution in [3.63, 3.8) is 0 Å². The van der Waals surface area contributed by atoms with Crippen molar-refractivity contribution in [1.82, 2.24) is 20.0 Å². The van der Waals surface area contributed by atoms with E-state index in [2.05, 4.69) is 36.1 Å². The third-order valence-electron chi connectivity index (χ3n) is 4.54. The zero-order chi connectivity index (χ0) is 19.2. The summed E-state index contributed by atoms with van der Waals surface area (Å²) in [6.07, 6.45) is 1.60. The predicted octanol–water partition coefficient (Wildman–Crippen LogP) is 3.59. The van der Waals surface area contributed by atoms with E-state index in [-0.39, 0.29) is 5.91 Å². The summed E-state index contributed by atoms with van der Waals surface area (Å²) < 4.78 is 7.10. The van der Waals surface area contributed by atoms with Gasteiger partial charge in [0.2, 0.25) is 0 Å². The number of hydrogen-bond acceptors (Lipinski definition) is 4. The number of para-hydroxylation sites is 1. The van der Waals surface area contributed by atoms with E-state index in [1.807, 2.05) is 42.5 Å². The molecule has 0 saturated heterocycles. The lowest BCUT2D eigenvalue weighted by molar-refractivity contribution is 0.0938. The summed E-state index contributed by atoms with van der Waals surface area (Å²) in [6.45, 7) is 8.79. The van der Waals surface area contributed by atoms with Gasteiger partial charge in [0.05, 0.1) is 12.0 Å². The number of nitrogens with one attached hydrogen (secondary N) is 1. The van der Waals surface area contributed by atoms with Crippen LogP contribution in [-0.4, -0.2) is 46.3 Å². The summed E-state index contributed by atoms with van der Waals surface area (Å²) in [5, 5.41) is 7.60. The fraction of sp³-hybridized carbons (Fsp3) is 0.333. The van der Waals surface area contributed by atoms with Gasteiger partial charge in [-0.25, -0.2) is 4.68 Å². The largest absolute Gasteiger partial charge is 0.463 e. The Hall–Kier alpha value is -2.86. The van der Waals surface area contributed by atoms with Crippen LogP contribution in [0.2, 0.25) is 0 Å². The molecule has 0 atom stereocenters. The molecule has 0 aliphatic carbocycles. The van der Waals surface area contributed by atoms with Crippen LogP contribution in [0, 0.1) is 0 Å². The molecule has 0 saturated carbocycles. The molecule has 6 nitrogen and oxygen atoms in total. The summed E-state index contributed by atoms with van der Waals surface area (Å²) in [5.74, 6) is 0.486. The summed E-state index contributed by atoms with van der Waals surface area (Å²) in [6, 6.07) is 15.5. The first-order chi connectivity index (χ1) is 13.1. The molecule has 2 heterocycles. The van der Waals surface area contributed by atoms with Gasteiger partial charge < -0.3 is 9.73 Å². The standard InChI is InChI=1S/C21H26N4O2/c1-4-24(16(2)3)13-12-22-21(26)19-15-18(20-11-8-14-27-20)23-25(19)17-9-6-5-7-10-17/h5-11,14-16H,4,12-13H2,1-3H3,(H,22,26). The number of rotatable bonds is 8. The zero-order valence-corrected chi connectivity index (χ0v) is 16.1. The average molecular weight is 366 g/mol. The van der Waals surface area contributed by atoms with Crippen LogP contribution in [0.25, 0.3) is 17.1 Å². The molecule has 142 valence electrons. The average Bonchev–Trinajstić information content (AvgIpc) is 3.35. The lowest BCUT2D eigenvalue weighted by Gasteiger charge is -2.24. The number of hydrogen-bond donors (Lipinski definition) is 1. The van der Waals surface area contributed by atoms with Crippen molar-refractivity contribution in [2.75, 3.05) is 19.6 Å². The van der Waals surface area contributed by atoms with Gasteiger partial charge >= 0.3 is 0 Å². The Kier molecular flexibility index (Phi) is 6.08. The SMILES string of the molecule is CCN(CCNC(=O)c1cc(-c2ccco2)nn1-c1ccccc1)C(C)C. The van der Waals surface area contributed by atoms with E-state index in [0.29, 0.717) is 29.7 Å². The number of likely N-dealkylation sites (N-methyl/N-ethyl adjacent to an activating group) is 1. The van der Waals surface area contributed by atoms with Gasteiger partial charge in [0.25, 0.3) is 5.91 Å². The molecule has 1 N–H and O–H groups in total. The molecule has 0 fully saturated rings. The molecule has 1 amide bonds. The normalized spacial score (nSPS) is 11.3. The van der Waals surface area contributed by atoms with E-state index >= 15 is 0 Å². The molecular weight excluding hydrogens is 340 g/mol. The first-order valence-corrected chi connectivity index (χ1v) is 9.31. The fourth-order valence-corrected chi connectivity index (χ4v) is 3.04. The molecule has 0 aliphatic rings. The summed E-state index contributed by atoms with van der Waals surface area (Å²) in [7, 11) is 0. The van der Waals surface area contributed by atoms with E-state index in [9.17, 15) is 4.79 Å². The van der Waals surface area contributed by atoms with Crippen LogP contribution >= 0.6 is 0 Å². The van der Waals surface area contributed by atoms with E-state index < -0.39 is 0 Å². The zero-order valence-electron chi connectivity index (χ0n) is 16.1. The second kappa shape index (κ2) is 8.68. The van der Waals surface area contributed by atoms with Crippen molar-refractivity contribution in [1.29, 1.82) is 0 Å². The summed E-state index contributed by atoms with van der Waals surface area (Å²) in [4.78, 5) is 15.1. The minimum atomic E-state index is -0.149. The molecular formula is C21H26N4O2. The van der Waals surface area contributed by atoms with Crippen molar-refractivity contribution in [2.45, 2.75) is 26.8 Å².